The summed E-state index contributed by atoms with van der Waals surface area (Å²) < 4.78 is 0. The van der Waals surface area contributed by atoms with E-state index >= 15 is 0 Å². The van der Waals surface area contributed by atoms with Gasteiger partial charge < -0.3 is 10.2 Å². The van der Waals surface area contributed by atoms with Crippen molar-refractivity contribution in [1.29, 1.82) is 5.26 Å². The number of aromatic nitrogens is 3. The molecule has 2 aromatic rings. The Balaban J connectivity index is 1.88. The summed E-state index contributed by atoms with van der Waals surface area (Å²) in [5, 5.41) is 12.1. The van der Waals surface area contributed by atoms with Gasteiger partial charge in [-0.2, -0.15) is 5.26 Å². The molecule has 3 rings (SSSR count). The van der Waals surface area contributed by atoms with Gasteiger partial charge in [0.1, 0.15) is 23.9 Å². The maximum Gasteiger partial charge on any atom is 0.237 e. The molecule has 134 valence electrons. The van der Waals surface area contributed by atoms with E-state index in [1.807, 2.05) is 44.2 Å². The lowest BCUT2D eigenvalue weighted by molar-refractivity contribution is -0.134. The van der Waals surface area contributed by atoms with E-state index in [1.54, 1.807) is 4.90 Å². The number of hydrogen-bond donors (Lipinski definition) is 1. The molecule has 2 aromatic heterocycles. The van der Waals surface area contributed by atoms with Gasteiger partial charge in [0.05, 0.1) is 17.8 Å². The summed E-state index contributed by atoms with van der Waals surface area (Å²) in [6.07, 6.45) is 2.73. The number of aryl methyl sites for hydroxylation is 2. The first-order valence-electron chi connectivity index (χ1n) is 8.79. The minimum absolute atomic E-state index is 0.0983. The second-order valence-corrected chi connectivity index (χ2v) is 6.45. The van der Waals surface area contributed by atoms with Crippen LogP contribution in [0.5, 0.6) is 0 Å². The molecule has 0 radical (unpaired) electrons. The SMILES string of the molecule is Cc1cccc(Nc2cc(C3CCCCN3C(=O)CC#N)nc(C)n2)n1. The highest BCUT2D eigenvalue weighted by molar-refractivity contribution is 5.78. The smallest absolute Gasteiger partial charge is 0.237 e. The van der Waals surface area contributed by atoms with E-state index < -0.39 is 0 Å². The third-order valence-electron chi connectivity index (χ3n) is 4.40. The number of piperidine rings is 1. The fourth-order valence-electron chi connectivity index (χ4n) is 3.28. The fourth-order valence-corrected chi connectivity index (χ4v) is 3.28. The van der Waals surface area contributed by atoms with Crippen molar-refractivity contribution in [3.63, 3.8) is 0 Å². The molecule has 1 unspecified atom stereocenters. The van der Waals surface area contributed by atoms with Crippen LogP contribution in [0.3, 0.4) is 0 Å². The summed E-state index contributed by atoms with van der Waals surface area (Å²) in [5.74, 6) is 1.87. The first kappa shape index (κ1) is 17.8. The van der Waals surface area contributed by atoms with Crippen LogP contribution in [0.15, 0.2) is 24.3 Å². The average Bonchev–Trinajstić information content (AvgIpc) is 2.61. The highest BCUT2D eigenvalue weighted by Gasteiger charge is 2.29. The summed E-state index contributed by atoms with van der Waals surface area (Å²) in [6, 6.07) is 9.46. The number of nitriles is 1. The second-order valence-electron chi connectivity index (χ2n) is 6.45. The maximum atomic E-state index is 12.3. The van der Waals surface area contributed by atoms with E-state index in [1.165, 1.54) is 0 Å². The molecular weight excluding hydrogens is 328 g/mol. The molecule has 0 saturated carbocycles. The molecule has 0 aromatic carbocycles. The summed E-state index contributed by atoms with van der Waals surface area (Å²) in [4.78, 5) is 27.5. The van der Waals surface area contributed by atoms with Gasteiger partial charge in [0, 0.05) is 18.3 Å². The van der Waals surface area contributed by atoms with Crippen LogP contribution in [-0.2, 0) is 4.79 Å². The minimum Gasteiger partial charge on any atom is -0.333 e. The van der Waals surface area contributed by atoms with Crippen molar-refractivity contribution < 1.29 is 4.79 Å². The molecule has 1 N–H and O–H groups in total. The predicted molar refractivity (Wildman–Crippen MR) is 97.6 cm³/mol. The van der Waals surface area contributed by atoms with Crippen molar-refractivity contribution in [1.82, 2.24) is 19.9 Å². The molecule has 26 heavy (non-hydrogen) atoms. The van der Waals surface area contributed by atoms with Crippen LogP contribution in [0.2, 0.25) is 0 Å². The van der Waals surface area contributed by atoms with Crippen molar-refractivity contribution in [2.45, 2.75) is 45.6 Å². The van der Waals surface area contributed by atoms with Crippen LogP contribution in [-0.4, -0.2) is 32.3 Å². The van der Waals surface area contributed by atoms with Crippen LogP contribution < -0.4 is 5.32 Å². The maximum absolute atomic E-state index is 12.3. The Hall–Kier alpha value is -3.01. The zero-order valence-corrected chi connectivity index (χ0v) is 15.1. The van der Waals surface area contributed by atoms with Gasteiger partial charge in [0.25, 0.3) is 0 Å². The highest BCUT2D eigenvalue weighted by atomic mass is 16.2. The molecule has 7 nitrogen and oxygen atoms in total. The number of nitrogens with zero attached hydrogens (tertiary/aromatic N) is 5. The van der Waals surface area contributed by atoms with Crippen LogP contribution in [0, 0.1) is 25.2 Å². The highest BCUT2D eigenvalue weighted by Crippen LogP contribution is 2.31. The van der Waals surface area contributed by atoms with Gasteiger partial charge in [-0.25, -0.2) is 15.0 Å². The summed E-state index contributed by atoms with van der Waals surface area (Å²) >= 11 is 0. The van der Waals surface area contributed by atoms with Crippen LogP contribution >= 0.6 is 0 Å². The van der Waals surface area contributed by atoms with Gasteiger partial charge in [0.15, 0.2) is 0 Å². The molecule has 1 fully saturated rings. The van der Waals surface area contributed by atoms with Crippen molar-refractivity contribution in [2.24, 2.45) is 0 Å². The molecular formula is C19H22N6O. The third-order valence-corrected chi connectivity index (χ3v) is 4.40. The zero-order chi connectivity index (χ0) is 18.5. The number of likely N-dealkylation sites (tertiary alicyclic amines) is 1. The molecule has 0 spiro atoms. The number of hydrogen-bond acceptors (Lipinski definition) is 6. The molecule has 1 saturated heterocycles. The number of pyridine rings is 1. The van der Waals surface area contributed by atoms with E-state index in [4.69, 9.17) is 5.26 Å². The number of carbonyl (C=O) groups is 1. The van der Waals surface area contributed by atoms with E-state index in [9.17, 15) is 4.79 Å². The largest absolute Gasteiger partial charge is 0.333 e. The average molecular weight is 350 g/mol. The molecule has 0 aliphatic carbocycles. The Kier molecular flexibility index (Phi) is 5.42. The van der Waals surface area contributed by atoms with Gasteiger partial charge in [-0.3, -0.25) is 4.79 Å². The Morgan fingerprint density at radius 3 is 2.88 bits per heavy atom. The van der Waals surface area contributed by atoms with Crippen LogP contribution in [0.4, 0.5) is 11.6 Å². The van der Waals surface area contributed by atoms with Gasteiger partial charge in [-0.05, 0) is 45.2 Å². The van der Waals surface area contributed by atoms with Gasteiger partial charge in [0.2, 0.25) is 5.91 Å². The summed E-state index contributed by atoms with van der Waals surface area (Å²) in [7, 11) is 0. The summed E-state index contributed by atoms with van der Waals surface area (Å²) in [6.45, 7) is 4.43. The standard InChI is InChI=1S/C19H22N6O/c1-13-6-5-8-17(21-13)24-18-12-15(22-14(2)23-18)16-7-3-4-11-25(16)19(26)9-10-20/h5-6,8,12,16H,3-4,7,9,11H2,1-2H3,(H,21,22,23,24). The molecule has 7 heteroatoms. The topological polar surface area (TPSA) is 94.8 Å². The predicted octanol–water partition coefficient (Wildman–Crippen LogP) is 3.20. The first-order chi connectivity index (χ1) is 12.6. The van der Waals surface area contributed by atoms with Crippen molar-refractivity contribution in [3.05, 3.63) is 41.5 Å². The van der Waals surface area contributed by atoms with E-state index in [2.05, 4.69) is 20.3 Å². The minimum atomic E-state index is -0.136. The normalized spacial score (nSPS) is 16.8. The van der Waals surface area contributed by atoms with Gasteiger partial charge in [-0.1, -0.05) is 6.07 Å². The molecule has 1 aliphatic heterocycles. The fraction of sp³-hybridized carbons (Fsp3) is 0.421. The Bertz CT molecular complexity index is 844. The number of amides is 1. The zero-order valence-electron chi connectivity index (χ0n) is 15.1. The third kappa shape index (κ3) is 4.14. The van der Waals surface area contributed by atoms with Crippen molar-refractivity contribution in [2.75, 3.05) is 11.9 Å². The van der Waals surface area contributed by atoms with Crippen LogP contribution in [0.1, 0.15) is 48.9 Å². The number of nitrogens with one attached hydrogen (secondary N) is 1. The first-order valence-corrected chi connectivity index (χ1v) is 8.79. The second kappa shape index (κ2) is 7.91. The summed E-state index contributed by atoms with van der Waals surface area (Å²) in [5.41, 5.74) is 1.72. The van der Waals surface area contributed by atoms with Crippen molar-refractivity contribution >= 4 is 17.5 Å². The van der Waals surface area contributed by atoms with Gasteiger partial charge >= 0.3 is 0 Å². The lowest BCUT2D eigenvalue weighted by Crippen LogP contribution is -2.38. The van der Waals surface area contributed by atoms with E-state index in [0.717, 1.165) is 36.5 Å². The molecule has 1 atom stereocenters. The van der Waals surface area contributed by atoms with E-state index in [-0.39, 0.29) is 18.4 Å². The number of anilines is 2. The molecule has 1 amide bonds. The Morgan fingerprint density at radius 2 is 2.12 bits per heavy atom. The lowest BCUT2D eigenvalue weighted by atomic mass is 9.98. The monoisotopic (exact) mass is 350 g/mol. The number of carbonyl (C=O) groups excluding carboxylic acids is 1. The van der Waals surface area contributed by atoms with Crippen molar-refractivity contribution in [3.8, 4) is 6.07 Å². The molecule has 1 aliphatic rings. The lowest BCUT2D eigenvalue weighted by Gasteiger charge is -2.35. The van der Waals surface area contributed by atoms with Crippen LogP contribution in [0.25, 0.3) is 0 Å². The molecule has 0 bridgehead atoms. The number of rotatable bonds is 4. The van der Waals surface area contributed by atoms with E-state index in [0.29, 0.717) is 18.2 Å². The van der Waals surface area contributed by atoms with Gasteiger partial charge in [-0.15, -0.1) is 0 Å². The quantitative estimate of drug-likeness (QED) is 0.910. The Morgan fingerprint density at radius 1 is 1.27 bits per heavy atom. The molecule has 3 heterocycles. The Labute approximate surface area is 153 Å².